The molecule has 0 amide bonds. The Labute approximate surface area is 96.6 Å². The number of halogens is 2. The molecule has 0 heterocycles. The Morgan fingerprint density at radius 2 is 1.79 bits per heavy atom. The molecule has 0 radical (unpaired) electrons. The summed E-state index contributed by atoms with van der Waals surface area (Å²) < 4.78 is 5.11. The molecular weight excluding hydrogens is 223 g/mol. The van der Waals surface area contributed by atoms with E-state index in [0.717, 1.165) is 16.9 Å². The molecule has 0 fully saturated rings. The molecular formula is C9H16Cl2N2O. The van der Waals surface area contributed by atoms with Crippen molar-refractivity contribution in [2.24, 2.45) is 11.5 Å². The maximum Gasteiger partial charge on any atom is 0.123 e. The zero-order valence-electron chi connectivity index (χ0n) is 8.03. The van der Waals surface area contributed by atoms with Crippen molar-refractivity contribution in [3.05, 3.63) is 29.3 Å². The van der Waals surface area contributed by atoms with Gasteiger partial charge in [-0.1, -0.05) is 6.07 Å². The Morgan fingerprint density at radius 1 is 1.14 bits per heavy atom. The van der Waals surface area contributed by atoms with Crippen LogP contribution in [0.15, 0.2) is 18.2 Å². The molecule has 0 aliphatic rings. The third-order valence-electron chi connectivity index (χ3n) is 1.80. The summed E-state index contributed by atoms with van der Waals surface area (Å²) in [6.07, 6.45) is 0. The van der Waals surface area contributed by atoms with Crippen LogP contribution in [0.3, 0.4) is 0 Å². The zero-order chi connectivity index (χ0) is 8.97. The van der Waals surface area contributed by atoms with Crippen LogP contribution in [0.25, 0.3) is 0 Å². The molecule has 82 valence electrons. The van der Waals surface area contributed by atoms with Crippen LogP contribution < -0.4 is 16.2 Å². The molecule has 0 aliphatic heterocycles. The minimum absolute atomic E-state index is 0. The highest BCUT2D eigenvalue weighted by Gasteiger charge is 2.00. The quantitative estimate of drug-likeness (QED) is 0.839. The summed E-state index contributed by atoms with van der Waals surface area (Å²) in [6, 6.07) is 5.81. The van der Waals surface area contributed by atoms with Gasteiger partial charge < -0.3 is 16.2 Å². The molecule has 3 nitrogen and oxygen atoms in total. The van der Waals surface area contributed by atoms with Gasteiger partial charge in [0, 0.05) is 18.7 Å². The first-order valence-corrected chi connectivity index (χ1v) is 3.87. The minimum Gasteiger partial charge on any atom is -0.496 e. The summed E-state index contributed by atoms with van der Waals surface area (Å²) in [7, 11) is 1.64. The topological polar surface area (TPSA) is 61.3 Å². The molecule has 0 aromatic heterocycles. The zero-order valence-corrected chi connectivity index (χ0v) is 9.66. The summed E-state index contributed by atoms with van der Waals surface area (Å²) >= 11 is 0. The highest BCUT2D eigenvalue weighted by Crippen LogP contribution is 2.18. The van der Waals surface area contributed by atoms with Crippen LogP contribution in [0, 0.1) is 0 Å². The summed E-state index contributed by atoms with van der Waals surface area (Å²) in [5.74, 6) is 0.828. The lowest BCUT2D eigenvalue weighted by molar-refractivity contribution is 0.409. The average molecular weight is 239 g/mol. The second-order valence-corrected chi connectivity index (χ2v) is 2.55. The van der Waals surface area contributed by atoms with Gasteiger partial charge in [-0.2, -0.15) is 0 Å². The fraction of sp³-hybridized carbons (Fsp3) is 0.333. The van der Waals surface area contributed by atoms with Crippen molar-refractivity contribution in [3.8, 4) is 5.75 Å². The molecule has 0 atom stereocenters. The molecule has 1 rings (SSSR count). The van der Waals surface area contributed by atoms with Crippen LogP contribution in [0.4, 0.5) is 0 Å². The lowest BCUT2D eigenvalue weighted by atomic mass is 10.1. The van der Waals surface area contributed by atoms with E-state index < -0.39 is 0 Å². The molecule has 14 heavy (non-hydrogen) atoms. The third kappa shape index (κ3) is 3.72. The van der Waals surface area contributed by atoms with Crippen molar-refractivity contribution >= 4 is 24.8 Å². The molecule has 0 unspecified atom stereocenters. The Morgan fingerprint density at radius 3 is 2.21 bits per heavy atom. The Hall–Kier alpha value is -0.480. The van der Waals surface area contributed by atoms with Gasteiger partial charge in [-0.05, 0) is 17.7 Å². The number of hydrogen-bond acceptors (Lipinski definition) is 3. The lowest BCUT2D eigenvalue weighted by Gasteiger charge is -2.07. The molecule has 0 spiro atoms. The van der Waals surface area contributed by atoms with Crippen LogP contribution in [0.5, 0.6) is 5.75 Å². The average Bonchev–Trinajstić information content (AvgIpc) is 2.16. The first-order chi connectivity index (χ1) is 5.81. The van der Waals surface area contributed by atoms with E-state index in [1.54, 1.807) is 7.11 Å². The van der Waals surface area contributed by atoms with Gasteiger partial charge in [0.25, 0.3) is 0 Å². The van der Waals surface area contributed by atoms with E-state index in [4.69, 9.17) is 16.2 Å². The summed E-state index contributed by atoms with van der Waals surface area (Å²) in [4.78, 5) is 0. The van der Waals surface area contributed by atoms with Gasteiger partial charge in [0.15, 0.2) is 0 Å². The van der Waals surface area contributed by atoms with Gasteiger partial charge in [-0.25, -0.2) is 0 Å². The molecule has 1 aromatic rings. The van der Waals surface area contributed by atoms with Crippen LogP contribution >= 0.6 is 24.8 Å². The lowest BCUT2D eigenvalue weighted by Crippen LogP contribution is -2.03. The predicted molar refractivity (Wildman–Crippen MR) is 63.3 cm³/mol. The smallest absolute Gasteiger partial charge is 0.123 e. The van der Waals surface area contributed by atoms with E-state index in [-0.39, 0.29) is 24.8 Å². The number of ether oxygens (including phenoxy) is 1. The first kappa shape index (κ1) is 16.0. The van der Waals surface area contributed by atoms with Gasteiger partial charge in [0.1, 0.15) is 5.75 Å². The van der Waals surface area contributed by atoms with Crippen LogP contribution in [-0.2, 0) is 13.1 Å². The van der Waals surface area contributed by atoms with Crippen molar-refractivity contribution in [1.82, 2.24) is 0 Å². The Bertz CT molecular complexity index is 269. The third-order valence-corrected chi connectivity index (χ3v) is 1.80. The van der Waals surface area contributed by atoms with E-state index in [1.807, 2.05) is 18.2 Å². The van der Waals surface area contributed by atoms with Gasteiger partial charge in [-0.3, -0.25) is 0 Å². The van der Waals surface area contributed by atoms with Crippen LogP contribution in [0.1, 0.15) is 11.1 Å². The molecule has 0 saturated carbocycles. The number of methoxy groups -OCH3 is 1. The molecule has 0 saturated heterocycles. The normalized spacial score (nSPS) is 8.50. The predicted octanol–water partition coefficient (Wildman–Crippen LogP) is 1.46. The molecule has 1 aromatic carbocycles. The van der Waals surface area contributed by atoms with Gasteiger partial charge in [0.2, 0.25) is 0 Å². The van der Waals surface area contributed by atoms with Gasteiger partial charge >= 0.3 is 0 Å². The van der Waals surface area contributed by atoms with Crippen molar-refractivity contribution in [2.75, 3.05) is 7.11 Å². The molecule has 5 heteroatoms. The second kappa shape index (κ2) is 7.88. The number of rotatable bonds is 3. The monoisotopic (exact) mass is 238 g/mol. The highest BCUT2D eigenvalue weighted by molar-refractivity contribution is 5.85. The van der Waals surface area contributed by atoms with Crippen molar-refractivity contribution in [3.63, 3.8) is 0 Å². The van der Waals surface area contributed by atoms with Crippen LogP contribution in [0.2, 0.25) is 0 Å². The summed E-state index contributed by atoms with van der Waals surface area (Å²) in [5.41, 5.74) is 13.1. The molecule has 0 bridgehead atoms. The maximum atomic E-state index is 5.53. The van der Waals surface area contributed by atoms with E-state index in [0.29, 0.717) is 13.1 Å². The number of nitrogens with two attached hydrogens (primary N) is 2. The van der Waals surface area contributed by atoms with Crippen molar-refractivity contribution in [1.29, 1.82) is 0 Å². The minimum atomic E-state index is 0. The number of hydrogen-bond donors (Lipinski definition) is 2. The van der Waals surface area contributed by atoms with Gasteiger partial charge in [-0.15, -0.1) is 24.8 Å². The first-order valence-electron chi connectivity index (χ1n) is 3.87. The van der Waals surface area contributed by atoms with E-state index >= 15 is 0 Å². The SMILES string of the molecule is COc1ccc(CN)cc1CN.Cl.Cl. The van der Waals surface area contributed by atoms with Crippen molar-refractivity contribution < 1.29 is 4.74 Å². The summed E-state index contributed by atoms with van der Waals surface area (Å²) in [6.45, 7) is 1.02. The van der Waals surface area contributed by atoms with Crippen LogP contribution in [-0.4, -0.2) is 7.11 Å². The Kier molecular flexibility index (Phi) is 8.99. The Balaban J connectivity index is 0. The maximum absolute atomic E-state index is 5.53. The fourth-order valence-corrected chi connectivity index (χ4v) is 1.12. The largest absolute Gasteiger partial charge is 0.496 e. The van der Waals surface area contributed by atoms with E-state index in [9.17, 15) is 0 Å². The van der Waals surface area contributed by atoms with Gasteiger partial charge in [0.05, 0.1) is 7.11 Å². The van der Waals surface area contributed by atoms with E-state index in [1.165, 1.54) is 0 Å². The fourth-order valence-electron chi connectivity index (χ4n) is 1.12. The standard InChI is InChI=1S/C9H14N2O.2ClH/c1-12-9-3-2-7(5-10)4-8(9)6-11;;/h2-4H,5-6,10-11H2,1H3;2*1H. The molecule has 0 aliphatic carbocycles. The molecule has 4 N–H and O–H groups in total. The summed E-state index contributed by atoms with van der Waals surface area (Å²) in [5, 5.41) is 0. The highest BCUT2D eigenvalue weighted by atomic mass is 35.5. The second-order valence-electron chi connectivity index (χ2n) is 2.55. The van der Waals surface area contributed by atoms with Crippen molar-refractivity contribution in [2.45, 2.75) is 13.1 Å². The number of benzene rings is 1. The van der Waals surface area contributed by atoms with E-state index in [2.05, 4.69) is 0 Å².